The normalized spacial score (nSPS) is 11.9. The zero-order valence-corrected chi connectivity index (χ0v) is 31.4. The van der Waals surface area contributed by atoms with Gasteiger partial charge >= 0.3 is 0 Å². The molecule has 4 heterocycles. The second kappa shape index (κ2) is 12.6. The van der Waals surface area contributed by atoms with Crippen LogP contribution in [0.25, 0.3) is 109 Å². The van der Waals surface area contributed by atoms with Crippen molar-refractivity contribution in [2.45, 2.75) is 0 Å². The molecule has 266 valence electrons. The first-order valence-electron chi connectivity index (χ1n) is 19.1. The Morgan fingerprint density at radius 1 is 0.333 bits per heavy atom. The van der Waals surface area contributed by atoms with Crippen molar-refractivity contribution >= 4 is 75.1 Å². The van der Waals surface area contributed by atoms with E-state index >= 15 is 0 Å². The molecule has 4 aromatic heterocycles. The van der Waals surface area contributed by atoms with Gasteiger partial charge in [-0.25, -0.2) is 15.0 Å². The van der Waals surface area contributed by atoms with E-state index < -0.39 is 0 Å². The fourth-order valence-corrected chi connectivity index (χ4v) is 9.96. The average molecular weight is 746 g/mol. The molecule has 8 aromatic carbocycles. The largest absolute Gasteiger partial charge is 0.307 e. The van der Waals surface area contributed by atoms with Gasteiger partial charge in [0, 0.05) is 69.8 Å². The van der Waals surface area contributed by atoms with Crippen LogP contribution in [0.5, 0.6) is 0 Å². The van der Waals surface area contributed by atoms with E-state index in [-0.39, 0.29) is 0 Å². The molecule has 0 spiro atoms. The van der Waals surface area contributed by atoms with Crippen molar-refractivity contribution in [3.05, 3.63) is 188 Å². The molecule has 0 N–H and O–H groups in total. The van der Waals surface area contributed by atoms with E-state index in [1.165, 1.54) is 58.3 Å². The number of hydrogen-bond acceptors (Lipinski definition) is 4. The minimum atomic E-state index is 0.634. The Balaban J connectivity index is 1.17. The highest BCUT2D eigenvalue weighted by molar-refractivity contribution is 7.27. The summed E-state index contributed by atoms with van der Waals surface area (Å²) < 4.78 is 7.56. The first-order valence-corrected chi connectivity index (χ1v) is 19.9. The number of fused-ring (bicyclic) bond motifs is 12. The van der Waals surface area contributed by atoms with Crippen LogP contribution in [-0.2, 0) is 0 Å². The first kappa shape index (κ1) is 31.9. The Bertz CT molecular complexity index is 3430. The van der Waals surface area contributed by atoms with Crippen LogP contribution in [0.15, 0.2) is 188 Å². The SMILES string of the molecule is c1ccc(-c2nc(-c3ccccc3)nc(-c3ccc(-n4c5ccccc5c5c6c7ccccc7sc6c6c7ccccc7n(-c7ccccc7)c6c54)cc3)n2)cc1. The van der Waals surface area contributed by atoms with E-state index in [9.17, 15) is 0 Å². The summed E-state index contributed by atoms with van der Waals surface area (Å²) in [7, 11) is 0. The fourth-order valence-electron chi connectivity index (χ4n) is 8.69. The van der Waals surface area contributed by atoms with Crippen molar-refractivity contribution < 1.29 is 0 Å². The summed E-state index contributed by atoms with van der Waals surface area (Å²) in [5, 5.41) is 7.64. The second-order valence-electron chi connectivity index (χ2n) is 14.4. The predicted octanol–water partition coefficient (Wildman–Crippen LogP) is 13.4. The Hall–Kier alpha value is -7.41. The molecule has 12 aromatic rings. The van der Waals surface area contributed by atoms with E-state index in [0.29, 0.717) is 17.5 Å². The molecule has 0 saturated heterocycles. The molecular formula is C51H31N5S. The number of aromatic nitrogens is 5. The monoisotopic (exact) mass is 745 g/mol. The third-order valence-corrected chi connectivity index (χ3v) is 12.3. The zero-order chi connectivity index (χ0) is 37.5. The number of benzene rings is 8. The Morgan fingerprint density at radius 2 is 0.754 bits per heavy atom. The van der Waals surface area contributed by atoms with Gasteiger partial charge in [0.15, 0.2) is 17.5 Å². The van der Waals surface area contributed by atoms with E-state index in [2.05, 4.69) is 137 Å². The maximum absolute atomic E-state index is 5.03. The molecule has 0 atom stereocenters. The van der Waals surface area contributed by atoms with Crippen molar-refractivity contribution in [1.29, 1.82) is 0 Å². The highest BCUT2D eigenvalue weighted by Crippen LogP contribution is 2.51. The van der Waals surface area contributed by atoms with E-state index in [0.717, 1.165) is 33.6 Å². The summed E-state index contributed by atoms with van der Waals surface area (Å²) in [5.74, 6) is 1.93. The molecule has 0 aliphatic heterocycles. The summed E-state index contributed by atoms with van der Waals surface area (Å²) in [4.78, 5) is 15.0. The summed E-state index contributed by atoms with van der Waals surface area (Å²) in [5.41, 5.74) is 9.76. The fraction of sp³-hybridized carbons (Fsp3) is 0. The van der Waals surface area contributed by atoms with Crippen LogP contribution < -0.4 is 0 Å². The Labute approximate surface area is 331 Å². The lowest BCUT2D eigenvalue weighted by molar-refractivity contribution is 1.07. The molecule has 0 saturated carbocycles. The van der Waals surface area contributed by atoms with E-state index in [1.54, 1.807) is 0 Å². The topological polar surface area (TPSA) is 48.5 Å². The van der Waals surface area contributed by atoms with Gasteiger partial charge in [0.1, 0.15) is 0 Å². The van der Waals surface area contributed by atoms with Crippen LogP contribution in [-0.4, -0.2) is 24.1 Å². The van der Waals surface area contributed by atoms with Crippen LogP contribution in [0.4, 0.5) is 0 Å². The maximum atomic E-state index is 5.03. The molecule has 5 nitrogen and oxygen atoms in total. The summed E-state index contributed by atoms with van der Waals surface area (Å²) in [6, 6.07) is 66.4. The quantitative estimate of drug-likeness (QED) is 0.176. The molecule has 57 heavy (non-hydrogen) atoms. The Kier molecular flexibility index (Phi) is 7.03. The zero-order valence-electron chi connectivity index (χ0n) is 30.5. The molecule has 0 amide bonds. The summed E-state index contributed by atoms with van der Waals surface area (Å²) >= 11 is 1.90. The van der Waals surface area contributed by atoms with Gasteiger partial charge in [0.2, 0.25) is 0 Å². The van der Waals surface area contributed by atoms with Gasteiger partial charge in [-0.1, -0.05) is 133 Å². The molecule has 6 heteroatoms. The van der Waals surface area contributed by atoms with E-state index in [4.69, 9.17) is 15.0 Å². The lowest BCUT2D eigenvalue weighted by atomic mass is 10.0. The lowest BCUT2D eigenvalue weighted by Crippen LogP contribution is -2.01. The van der Waals surface area contributed by atoms with Gasteiger partial charge in [0.05, 0.1) is 22.1 Å². The number of nitrogens with zero attached hydrogens (tertiary/aromatic N) is 5. The number of para-hydroxylation sites is 3. The van der Waals surface area contributed by atoms with Crippen molar-refractivity contribution in [2.75, 3.05) is 0 Å². The minimum Gasteiger partial charge on any atom is -0.307 e. The maximum Gasteiger partial charge on any atom is 0.164 e. The van der Waals surface area contributed by atoms with Gasteiger partial charge in [-0.2, -0.15) is 0 Å². The second-order valence-corrected chi connectivity index (χ2v) is 15.4. The molecule has 0 bridgehead atoms. The van der Waals surface area contributed by atoms with Crippen molar-refractivity contribution in [3.8, 4) is 45.5 Å². The number of hydrogen-bond donors (Lipinski definition) is 0. The van der Waals surface area contributed by atoms with Gasteiger partial charge < -0.3 is 9.13 Å². The van der Waals surface area contributed by atoms with Crippen molar-refractivity contribution in [1.82, 2.24) is 24.1 Å². The van der Waals surface area contributed by atoms with Gasteiger partial charge in [-0.05, 0) is 54.6 Å². The lowest BCUT2D eigenvalue weighted by Gasteiger charge is -2.14. The molecule has 0 unspecified atom stereocenters. The number of rotatable bonds is 5. The highest BCUT2D eigenvalue weighted by Gasteiger charge is 2.26. The average Bonchev–Trinajstić information content (AvgIpc) is 3.95. The van der Waals surface area contributed by atoms with Crippen LogP contribution in [0.3, 0.4) is 0 Å². The third kappa shape index (κ3) is 4.84. The predicted molar refractivity (Wildman–Crippen MR) is 238 cm³/mol. The minimum absolute atomic E-state index is 0.634. The summed E-state index contributed by atoms with van der Waals surface area (Å²) in [6.07, 6.45) is 0. The third-order valence-electron chi connectivity index (χ3n) is 11.1. The van der Waals surface area contributed by atoms with E-state index in [1.807, 2.05) is 72.0 Å². The summed E-state index contributed by atoms with van der Waals surface area (Å²) in [6.45, 7) is 0. The smallest absolute Gasteiger partial charge is 0.164 e. The Morgan fingerprint density at radius 3 is 1.33 bits per heavy atom. The molecule has 0 fully saturated rings. The molecule has 0 aliphatic carbocycles. The van der Waals surface area contributed by atoms with Crippen LogP contribution in [0.1, 0.15) is 0 Å². The van der Waals surface area contributed by atoms with Gasteiger partial charge in [-0.3, -0.25) is 0 Å². The number of thiophene rings is 1. The molecule has 0 aliphatic rings. The molecular weight excluding hydrogens is 715 g/mol. The van der Waals surface area contributed by atoms with Gasteiger partial charge in [-0.15, -0.1) is 11.3 Å². The molecule has 0 radical (unpaired) electrons. The van der Waals surface area contributed by atoms with Crippen molar-refractivity contribution in [2.24, 2.45) is 0 Å². The molecule has 12 rings (SSSR count). The standard InChI is InChI=1S/C51H31N5S/c1-4-16-32(17-5-1)49-52-50(33-18-6-2-7-19-33)54-51(53-49)34-28-30-36(31-29-34)56-40-25-13-10-22-37(40)43-44-39-24-12-15-27-42(39)57-48(44)45-38-23-11-14-26-41(38)55(47(45)46(43)56)35-20-8-3-9-21-35/h1-31H. The van der Waals surface area contributed by atoms with Crippen LogP contribution >= 0.6 is 11.3 Å². The highest BCUT2D eigenvalue weighted by atomic mass is 32.1. The van der Waals surface area contributed by atoms with Crippen molar-refractivity contribution in [3.63, 3.8) is 0 Å². The van der Waals surface area contributed by atoms with Gasteiger partial charge in [0.25, 0.3) is 0 Å². The first-order chi connectivity index (χ1) is 28.3. The van der Waals surface area contributed by atoms with Crippen LogP contribution in [0, 0.1) is 0 Å². The van der Waals surface area contributed by atoms with Crippen LogP contribution in [0.2, 0.25) is 0 Å².